The summed E-state index contributed by atoms with van der Waals surface area (Å²) < 4.78 is 0. The van der Waals surface area contributed by atoms with Crippen LogP contribution in [0.1, 0.15) is 12.0 Å². The van der Waals surface area contributed by atoms with Crippen molar-refractivity contribution in [2.24, 2.45) is 0 Å². The van der Waals surface area contributed by atoms with E-state index in [4.69, 9.17) is 5.11 Å². The number of carbonyl (C=O) groups is 1. The molecule has 1 fully saturated rings. The third-order valence-corrected chi connectivity index (χ3v) is 2.54. The van der Waals surface area contributed by atoms with Gasteiger partial charge in [0.15, 0.2) is 0 Å². The Kier molecular flexibility index (Phi) is 2.72. The van der Waals surface area contributed by atoms with Crippen LogP contribution in [0.25, 0.3) is 6.08 Å². The summed E-state index contributed by atoms with van der Waals surface area (Å²) in [6, 6.07) is 7.87. The minimum atomic E-state index is -0.909. The van der Waals surface area contributed by atoms with Gasteiger partial charge in [0.2, 0.25) is 0 Å². The number of rotatable bonds is 3. The number of nitrogens with zero attached hydrogens (tertiary/aromatic N) is 1. The number of carboxylic acid groups (broad SMARTS) is 1. The molecule has 0 saturated carbocycles. The molecule has 0 spiro atoms. The summed E-state index contributed by atoms with van der Waals surface area (Å²) in [6.07, 6.45) is 4.05. The molecule has 0 bridgehead atoms. The molecule has 0 aromatic heterocycles. The monoisotopic (exact) mass is 203 g/mol. The molecule has 2 rings (SSSR count). The van der Waals surface area contributed by atoms with Gasteiger partial charge in [-0.15, -0.1) is 0 Å². The predicted octanol–water partition coefficient (Wildman–Crippen LogP) is 1.99. The molecule has 0 aliphatic carbocycles. The zero-order chi connectivity index (χ0) is 10.7. The number of anilines is 1. The molecule has 15 heavy (non-hydrogen) atoms. The van der Waals surface area contributed by atoms with Crippen LogP contribution in [0.2, 0.25) is 0 Å². The molecule has 3 nitrogen and oxygen atoms in total. The molecule has 1 heterocycles. The normalized spacial score (nSPS) is 15.3. The van der Waals surface area contributed by atoms with Crippen molar-refractivity contribution in [2.75, 3.05) is 18.0 Å². The Labute approximate surface area is 88.6 Å². The lowest BCUT2D eigenvalue weighted by molar-refractivity contribution is -0.131. The number of carboxylic acids is 1. The fourth-order valence-electron chi connectivity index (χ4n) is 1.63. The maximum absolute atomic E-state index is 10.4. The van der Waals surface area contributed by atoms with Crippen LogP contribution in [0.15, 0.2) is 30.3 Å². The lowest BCUT2D eigenvalue weighted by Crippen LogP contribution is -2.37. The first kappa shape index (κ1) is 9.77. The van der Waals surface area contributed by atoms with Gasteiger partial charge in [-0.3, -0.25) is 0 Å². The van der Waals surface area contributed by atoms with E-state index in [0.717, 1.165) is 24.3 Å². The van der Waals surface area contributed by atoms with Gasteiger partial charge in [-0.05, 0) is 24.1 Å². The van der Waals surface area contributed by atoms with Crippen LogP contribution in [0.3, 0.4) is 0 Å². The standard InChI is InChI=1S/C12H13NO2/c14-12(15)7-6-10-4-1-2-5-11(10)13-8-3-9-13/h1-2,4-7H,3,8-9H2,(H,14,15)/b7-6+. The fraction of sp³-hybridized carbons (Fsp3) is 0.250. The van der Waals surface area contributed by atoms with E-state index >= 15 is 0 Å². The van der Waals surface area contributed by atoms with E-state index in [0.29, 0.717) is 0 Å². The van der Waals surface area contributed by atoms with E-state index < -0.39 is 5.97 Å². The largest absolute Gasteiger partial charge is 0.478 e. The molecule has 3 heteroatoms. The van der Waals surface area contributed by atoms with Gasteiger partial charge in [-0.1, -0.05) is 18.2 Å². The Morgan fingerprint density at radius 3 is 2.67 bits per heavy atom. The number of aliphatic carboxylic acids is 1. The van der Waals surface area contributed by atoms with Crippen molar-refractivity contribution < 1.29 is 9.90 Å². The summed E-state index contributed by atoms with van der Waals surface area (Å²) in [5.74, 6) is -0.909. The number of benzene rings is 1. The average molecular weight is 203 g/mol. The summed E-state index contributed by atoms with van der Waals surface area (Å²) in [4.78, 5) is 12.7. The molecule has 1 saturated heterocycles. The highest BCUT2D eigenvalue weighted by atomic mass is 16.4. The van der Waals surface area contributed by atoms with Crippen LogP contribution in [-0.4, -0.2) is 24.2 Å². The highest BCUT2D eigenvalue weighted by Crippen LogP contribution is 2.25. The van der Waals surface area contributed by atoms with Gasteiger partial charge in [0.05, 0.1) is 0 Å². The van der Waals surface area contributed by atoms with Crippen molar-refractivity contribution in [1.29, 1.82) is 0 Å². The summed E-state index contributed by atoms with van der Waals surface area (Å²) in [5, 5.41) is 8.58. The highest BCUT2D eigenvalue weighted by molar-refractivity contribution is 5.87. The molecule has 0 radical (unpaired) electrons. The zero-order valence-corrected chi connectivity index (χ0v) is 8.39. The minimum Gasteiger partial charge on any atom is -0.478 e. The molecule has 78 valence electrons. The van der Waals surface area contributed by atoms with Gasteiger partial charge in [-0.25, -0.2) is 4.79 Å². The molecule has 1 aromatic rings. The van der Waals surface area contributed by atoms with E-state index in [2.05, 4.69) is 4.90 Å². The van der Waals surface area contributed by atoms with Crippen molar-refractivity contribution in [3.8, 4) is 0 Å². The van der Waals surface area contributed by atoms with E-state index in [1.807, 2.05) is 24.3 Å². The third kappa shape index (κ3) is 2.18. The quantitative estimate of drug-likeness (QED) is 0.764. The zero-order valence-electron chi connectivity index (χ0n) is 8.39. The van der Waals surface area contributed by atoms with E-state index in [1.54, 1.807) is 6.08 Å². The molecule has 1 N–H and O–H groups in total. The van der Waals surface area contributed by atoms with Gasteiger partial charge < -0.3 is 10.0 Å². The van der Waals surface area contributed by atoms with Crippen LogP contribution >= 0.6 is 0 Å². The second-order valence-corrected chi connectivity index (χ2v) is 3.57. The second-order valence-electron chi connectivity index (χ2n) is 3.57. The van der Waals surface area contributed by atoms with Crippen LogP contribution in [0.5, 0.6) is 0 Å². The summed E-state index contributed by atoms with van der Waals surface area (Å²) in [5.41, 5.74) is 2.10. The first-order chi connectivity index (χ1) is 7.27. The van der Waals surface area contributed by atoms with Crippen molar-refractivity contribution in [3.63, 3.8) is 0 Å². The smallest absolute Gasteiger partial charge is 0.328 e. The first-order valence-electron chi connectivity index (χ1n) is 5.02. The molecule has 0 atom stereocenters. The van der Waals surface area contributed by atoms with Crippen LogP contribution < -0.4 is 4.90 Å². The topological polar surface area (TPSA) is 40.5 Å². The average Bonchev–Trinajstić information content (AvgIpc) is 2.14. The van der Waals surface area contributed by atoms with E-state index in [-0.39, 0.29) is 0 Å². The maximum atomic E-state index is 10.4. The number of para-hydroxylation sites is 1. The summed E-state index contributed by atoms with van der Waals surface area (Å²) in [7, 11) is 0. The minimum absolute atomic E-state index is 0.909. The highest BCUT2D eigenvalue weighted by Gasteiger charge is 2.15. The van der Waals surface area contributed by atoms with E-state index in [9.17, 15) is 4.79 Å². The van der Waals surface area contributed by atoms with Crippen molar-refractivity contribution in [1.82, 2.24) is 0 Å². The Balaban J connectivity index is 2.25. The molecular formula is C12H13NO2. The number of hydrogen-bond donors (Lipinski definition) is 1. The third-order valence-electron chi connectivity index (χ3n) is 2.54. The van der Waals surface area contributed by atoms with Gasteiger partial charge in [0.25, 0.3) is 0 Å². The Hall–Kier alpha value is -1.77. The molecular weight excluding hydrogens is 190 g/mol. The van der Waals surface area contributed by atoms with Crippen molar-refractivity contribution in [3.05, 3.63) is 35.9 Å². The van der Waals surface area contributed by atoms with Gasteiger partial charge >= 0.3 is 5.97 Å². The predicted molar refractivity (Wildman–Crippen MR) is 59.9 cm³/mol. The fourth-order valence-corrected chi connectivity index (χ4v) is 1.63. The van der Waals surface area contributed by atoms with Crippen LogP contribution in [-0.2, 0) is 4.79 Å². The van der Waals surface area contributed by atoms with Gasteiger partial charge in [0.1, 0.15) is 0 Å². The molecule has 1 aliphatic rings. The van der Waals surface area contributed by atoms with Gasteiger partial charge in [-0.2, -0.15) is 0 Å². The second kappa shape index (κ2) is 4.17. The lowest BCUT2D eigenvalue weighted by Gasteiger charge is -2.34. The molecule has 1 aliphatic heterocycles. The van der Waals surface area contributed by atoms with Crippen LogP contribution in [0, 0.1) is 0 Å². The summed E-state index contributed by atoms with van der Waals surface area (Å²) >= 11 is 0. The van der Waals surface area contributed by atoms with Gasteiger partial charge in [0, 0.05) is 24.9 Å². The Bertz CT molecular complexity index is 394. The maximum Gasteiger partial charge on any atom is 0.328 e. The lowest BCUT2D eigenvalue weighted by atomic mass is 10.1. The van der Waals surface area contributed by atoms with E-state index in [1.165, 1.54) is 12.5 Å². The molecule has 0 amide bonds. The SMILES string of the molecule is O=C(O)/C=C/c1ccccc1N1CCC1. The van der Waals surface area contributed by atoms with Crippen molar-refractivity contribution in [2.45, 2.75) is 6.42 Å². The Morgan fingerprint density at radius 1 is 1.33 bits per heavy atom. The van der Waals surface area contributed by atoms with Crippen molar-refractivity contribution >= 4 is 17.7 Å². The van der Waals surface area contributed by atoms with Crippen LogP contribution in [0.4, 0.5) is 5.69 Å². The molecule has 1 aromatic carbocycles. The first-order valence-corrected chi connectivity index (χ1v) is 5.02. The summed E-state index contributed by atoms with van der Waals surface area (Å²) in [6.45, 7) is 2.13. The Morgan fingerprint density at radius 2 is 2.07 bits per heavy atom. The number of hydrogen-bond acceptors (Lipinski definition) is 2. The molecule has 0 unspecified atom stereocenters.